The molecule has 1 atom stereocenters. The van der Waals surface area contributed by atoms with E-state index in [-0.39, 0.29) is 11.7 Å². The molecule has 0 saturated heterocycles. The van der Waals surface area contributed by atoms with Crippen molar-refractivity contribution in [3.63, 3.8) is 0 Å². The van der Waals surface area contributed by atoms with Crippen molar-refractivity contribution in [2.24, 2.45) is 5.92 Å². The van der Waals surface area contributed by atoms with Crippen molar-refractivity contribution in [2.45, 2.75) is 25.4 Å². The summed E-state index contributed by atoms with van der Waals surface area (Å²) in [4.78, 5) is 11.0. The van der Waals surface area contributed by atoms with E-state index >= 15 is 0 Å². The molecule has 1 saturated carbocycles. The van der Waals surface area contributed by atoms with Crippen LogP contribution in [0.1, 0.15) is 18.4 Å². The van der Waals surface area contributed by atoms with Gasteiger partial charge in [-0.15, -0.1) is 0 Å². The summed E-state index contributed by atoms with van der Waals surface area (Å²) >= 11 is 3.32. The number of hydrogen-bond donors (Lipinski definition) is 3. The van der Waals surface area contributed by atoms with Crippen molar-refractivity contribution in [3.8, 4) is 5.75 Å². The standard InChI is InChI=1S/C12H14BrNO3/c13-9-3-4-10(15)8(5-9)6-14-11(12(16)17)7-1-2-7/h3-5,7,11,14-15H,1-2,6H2,(H,16,17). The second-order valence-electron chi connectivity index (χ2n) is 4.31. The Bertz CT molecular complexity index is 432. The molecule has 5 heteroatoms. The minimum absolute atomic E-state index is 0.181. The van der Waals surface area contributed by atoms with Gasteiger partial charge in [0.05, 0.1) is 0 Å². The Balaban J connectivity index is 2.00. The number of rotatable bonds is 5. The quantitative estimate of drug-likeness (QED) is 0.779. The van der Waals surface area contributed by atoms with Crippen molar-refractivity contribution in [2.75, 3.05) is 0 Å². The van der Waals surface area contributed by atoms with E-state index in [1.165, 1.54) is 0 Å². The summed E-state index contributed by atoms with van der Waals surface area (Å²) in [5, 5.41) is 21.7. The molecule has 0 aliphatic heterocycles. The molecule has 0 spiro atoms. The van der Waals surface area contributed by atoms with E-state index in [0.717, 1.165) is 17.3 Å². The fraction of sp³-hybridized carbons (Fsp3) is 0.417. The molecule has 1 aromatic rings. The summed E-state index contributed by atoms with van der Waals surface area (Å²) in [6.07, 6.45) is 1.93. The number of aliphatic carboxylic acids is 1. The number of phenolic OH excluding ortho intramolecular Hbond substituents is 1. The predicted molar refractivity (Wildman–Crippen MR) is 66.8 cm³/mol. The Kier molecular flexibility index (Phi) is 3.69. The molecule has 3 N–H and O–H groups in total. The van der Waals surface area contributed by atoms with Gasteiger partial charge in [0.2, 0.25) is 0 Å². The van der Waals surface area contributed by atoms with Gasteiger partial charge in [-0.1, -0.05) is 15.9 Å². The SMILES string of the molecule is O=C(O)C(NCc1cc(Br)ccc1O)C1CC1. The lowest BCUT2D eigenvalue weighted by Crippen LogP contribution is -2.38. The number of carboxylic acid groups (broad SMARTS) is 1. The summed E-state index contributed by atoms with van der Waals surface area (Å²) in [5.41, 5.74) is 0.700. The molecular formula is C12H14BrNO3. The van der Waals surface area contributed by atoms with E-state index in [0.29, 0.717) is 12.1 Å². The zero-order valence-corrected chi connectivity index (χ0v) is 10.8. The molecule has 1 fully saturated rings. The first-order valence-electron chi connectivity index (χ1n) is 5.51. The lowest BCUT2D eigenvalue weighted by Gasteiger charge is -2.14. The second-order valence-corrected chi connectivity index (χ2v) is 5.22. The number of phenols is 1. The second kappa shape index (κ2) is 5.06. The van der Waals surface area contributed by atoms with Crippen LogP contribution in [-0.2, 0) is 11.3 Å². The number of carbonyl (C=O) groups is 1. The van der Waals surface area contributed by atoms with E-state index < -0.39 is 12.0 Å². The van der Waals surface area contributed by atoms with Crippen LogP contribution in [0.3, 0.4) is 0 Å². The highest BCUT2D eigenvalue weighted by Crippen LogP contribution is 2.33. The highest BCUT2D eigenvalue weighted by Gasteiger charge is 2.35. The van der Waals surface area contributed by atoms with Crippen molar-refractivity contribution in [3.05, 3.63) is 28.2 Å². The lowest BCUT2D eigenvalue weighted by molar-refractivity contribution is -0.140. The Morgan fingerprint density at radius 2 is 2.24 bits per heavy atom. The van der Waals surface area contributed by atoms with Crippen molar-refractivity contribution >= 4 is 21.9 Å². The van der Waals surface area contributed by atoms with Gasteiger partial charge in [0.15, 0.2) is 0 Å². The molecular weight excluding hydrogens is 286 g/mol. The van der Waals surface area contributed by atoms with Crippen molar-refractivity contribution < 1.29 is 15.0 Å². The topological polar surface area (TPSA) is 69.6 Å². The normalized spacial score (nSPS) is 16.8. The van der Waals surface area contributed by atoms with E-state index in [1.54, 1.807) is 18.2 Å². The van der Waals surface area contributed by atoms with E-state index in [4.69, 9.17) is 5.11 Å². The van der Waals surface area contributed by atoms with Gasteiger partial charge in [-0.05, 0) is 37.0 Å². The summed E-state index contributed by atoms with van der Waals surface area (Å²) in [6.45, 7) is 0.360. The zero-order chi connectivity index (χ0) is 12.4. The van der Waals surface area contributed by atoms with E-state index in [1.807, 2.05) is 0 Å². The van der Waals surface area contributed by atoms with Crippen LogP contribution in [0.2, 0.25) is 0 Å². The number of nitrogens with one attached hydrogen (secondary N) is 1. The zero-order valence-electron chi connectivity index (χ0n) is 9.19. The molecule has 0 bridgehead atoms. The fourth-order valence-electron chi connectivity index (χ4n) is 1.80. The Labute approximate surface area is 108 Å². The third kappa shape index (κ3) is 3.20. The fourth-order valence-corrected chi connectivity index (χ4v) is 2.21. The molecule has 1 unspecified atom stereocenters. The minimum atomic E-state index is -0.818. The predicted octanol–water partition coefficient (Wildman–Crippen LogP) is 2.11. The Morgan fingerprint density at radius 3 is 2.82 bits per heavy atom. The molecule has 92 valence electrons. The number of halogens is 1. The highest BCUT2D eigenvalue weighted by molar-refractivity contribution is 9.10. The van der Waals surface area contributed by atoms with E-state index in [2.05, 4.69) is 21.2 Å². The van der Waals surface area contributed by atoms with Gasteiger partial charge in [0.1, 0.15) is 11.8 Å². The van der Waals surface area contributed by atoms with Crippen LogP contribution in [-0.4, -0.2) is 22.2 Å². The third-order valence-corrected chi connectivity index (χ3v) is 3.41. The largest absolute Gasteiger partial charge is 0.508 e. The molecule has 0 heterocycles. The molecule has 0 amide bonds. The number of carboxylic acids is 1. The van der Waals surface area contributed by atoms with Crippen LogP contribution in [0.4, 0.5) is 0 Å². The molecule has 4 nitrogen and oxygen atoms in total. The van der Waals surface area contributed by atoms with Crippen LogP contribution >= 0.6 is 15.9 Å². The van der Waals surface area contributed by atoms with Crippen LogP contribution in [0.5, 0.6) is 5.75 Å². The monoisotopic (exact) mass is 299 g/mol. The Hall–Kier alpha value is -1.07. The van der Waals surface area contributed by atoms with Crippen LogP contribution in [0.15, 0.2) is 22.7 Å². The number of aromatic hydroxyl groups is 1. The van der Waals surface area contributed by atoms with Crippen LogP contribution in [0.25, 0.3) is 0 Å². The molecule has 2 rings (SSSR count). The molecule has 0 aromatic heterocycles. The maximum Gasteiger partial charge on any atom is 0.320 e. The summed E-state index contributed by atoms with van der Waals surface area (Å²) in [5.74, 6) is -0.399. The average molecular weight is 300 g/mol. The first-order valence-corrected chi connectivity index (χ1v) is 6.31. The van der Waals surface area contributed by atoms with Gasteiger partial charge in [-0.25, -0.2) is 0 Å². The highest BCUT2D eigenvalue weighted by atomic mass is 79.9. The summed E-state index contributed by atoms with van der Waals surface area (Å²) in [7, 11) is 0. The maximum atomic E-state index is 11.0. The smallest absolute Gasteiger partial charge is 0.320 e. The van der Waals surface area contributed by atoms with Gasteiger partial charge < -0.3 is 10.2 Å². The summed E-state index contributed by atoms with van der Waals surface area (Å²) < 4.78 is 0.866. The minimum Gasteiger partial charge on any atom is -0.508 e. The van der Waals surface area contributed by atoms with Crippen LogP contribution < -0.4 is 5.32 Å². The average Bonchev–Trinajstić information content (AvgIpc) is 3.07. The first-order chi connectivity index (χ1) is 8.08. The molecule has 1 aliphatic rings. The van der Waals surface area contributed by atoms with Gasteiger partial charge in [0, 0.05) is 16.6 Å². The first kappa shape index (κ1) is 12.4. The van der Waals surface area contributed by atoms with Crippen molar-refractivity contribution in [1.82, 2.24) is 5.32 Å². The third-order valence-electron chi connectivity index (χ3n) is 2.91. The van der Waals surface area contributed by atoms with Gasteiger partial charge in [0.25, 0.3) is 0 Å². The lowest BCUT2D eigenvalue weighted by atomic mass is 10.1. The van der Waals surface area contributed by atoms with Crippen LogP contribution in [0, 0.1) is 5.92 Å². The molecule has 1 aliphatic carbocycles. The van der Waals surface area contributed by atoms with Crippen molar-refractivity contribution in [1.29, 1.82) is 0 Å². The molecule has 0 radical (unpaired) electrons. The number of benzene rings is 1. The van der Waals surface area contributed by atoms with Gasteiger partial charge >= 0.3 is 5.97 Å². The number of hydrogen-bond acceptors (Lipinski definition) is 3. The summed E-state index contributed by atoms with van der Waals surface area (Å²) in [6, 6.07) is 4.62. The van der Waals surface area contributed by atoms with Gasteiger partial charge in [-0.3, -0.25) is 10.1 Å². The Morgan fingerprint density at radius 1 is 1.53 bits per heavy atom. The maximum absolute atomic E-state index is 11.0. The molecule has 17 heavy (non-hydrogen) atoms. The van der Waals surface area contributed by atoms with E-state index in [9.17, 15) is 9.90 Å². The molecule has 1 aromatic carbocycles. The van der Waals surface area contributed by atoms with Gasteiger partial charge in [-0.2, -0.15) is 0 Å².